The number of rotatable bonds is 4. The van der Waals surface area contributed by atoms with E-state index in [2.05, 4.69) is 22.3 Å². The first kappa shape index (κ1) is 19.6. The van der Waals surface area contributed by atoms with Crippen LogP contribution in [0.2, 0.25) is 0 Å². The summed E-state index contributed by atoms with van der Waals surface area (Å²) >= 11 is 0. The first-order chi connectivity index (χ1) is 14.0. The number of aryl methyl sites for hydroxylation is 2. The minimum atomic E-state index is -0.228. The van der Waals surface area contributed by atoms with Crippen molar-refractivity contribution in [3.05, 3.63) is 64.4 Å². The SMILES string of the molecule is Cc1nc2c(C(=O)N[C@H]3CCCC[C@H]3C)cnn2c(C)c1Cc1ccccc1F. The molecule has 4 rings (SSSR count). The molecule has 152 valence electrons. The Kier molecular flexibility index (Phi) is 5.35. The van der Waals surface area contributed by atoms with Crippen molar-refractivity contribution in [2.75, 3.05) is 0 Å². The molecule has 6 heteroatoms. The second kappa shape index (κ2) is 7.93. The van der Waals surface area contributed by atoms with Crippen molar-refractivity contribution in [1.29, 1.82) is 0 Å². The molecule has 1 aliphatic carbocycles. The number of aromatic nitrogens is 3. The number of nitrogens with one attached hydrogen (secondary N) is 1. The van der Waals surface area contributed by atoms with Gasteiger partial charge in [-0.1, -0.05) is 38.0 Å². The van der Waals surface area contributed by atoms with Gasteiger partial charge in [0.15, 0.2) is 5.65 Å². The first-order valence-corrected chi connectivity index (χ1v) is 10.3. The predicted molar refractivity (Wildman–Crippen MR) is 111 cm³/mol. The molecule has 2 atom stereocenters. The topological polar surface area (TPSA) is 59.3 Å². The van der Waals surface area contributed by atoms with Crippen molar-refractivity contribution in [2.24, 2.45) is 5.92 Å². The third-order valence-corrected chi connectivity index (χ3v) is 6.21. The number of nitrogens with zero attached hydrogens (tertiary/aromatic N) is 3. The largest absolute Gasteiger partial charge is 0.349 e. The van der Waals surface area contributed by atoms with Gasteiger partial charge < -0.3 is 5.32 Å². The van der Waals surface area contributed by atoms with Gasteiger partial charge in [-0.3, -0.25) is 4.79 Å². The maximum absolute atomic E-state index is 14.1. The summed E-state index contributed by atoms with van der Waals surface area (Å²) in [6, 6.07) is 6.97. The van der Waals surface area contributed by atoms with Crippen LogP contribution < -0.4 is 5.32 Å². The van der Waals surface area contributed by atoms with Gasteiger partial charge in [-0.2, -0.15) is 5.10 Å². The van der Waals surface area contributed by atoms with E-state index in [1.54, 1.807) is 22.8 Å². The van der Waals surface area contributed by atoms with Crippen molar-refractivity contribution >= 4 is 11.6 Å². The van der Waals surface area contributed by atoms with Crippen LogP contribution in [0.25, 0.3) is 5.65 Å². The Morgan fingerprint density at radius 1 is 1.24 bits per heavy atom. The zero-order valence-corrected chi connectivity index (χ0v) is 17.2. The van der Waals surface area contributed by atoms with E-state index < -0.39 is 0 Å². The number of carbonyl (C=O) groups excluding carboxylic acids is 1. The molecule has 5 nitrogen and oxygen atoms in total. The molecule has 0 radical (unpaired) electrons. The molecular formula is C23H27FN4O. The van der Waals surface area contributed by atoms with Crippen molar-refractivity contribution in [1.82, 2.24) is 19.9 Å². The highest BCUT2D eigenvalue weighted by Crippen LogP contribution is 2.25. The Balaban J connectivity index is 1.65. The predicted octanol–water partition coefficient (Wildman–Crippen LogP) is 4.38. The van der Waals surface area contributed by atoms with Gasteiger partial charge in [0.05, 0.1) is 6.20 Å². The Labute approximate surface area is 170 Å². The smallest absolute Gasteiger partial charge is 0.256 e. The standard InChI is InChI=1S/C23H27FN4O/c1-14-8-4-7-11-21(14)27-23(29)19-13-25-28-16(3)18(15(2)26-22(19)28)12-17-9-5-6-10-20(17)24/h5-6,9-10,13-14,21H,4,7-8,11-12H2,1-3H3,(H,27,29)/t14-,21+/m1/s1. The highest BCUT2D eigenvalue weighted by atomic mass is 19.1. The van der Waals surface area contributed by atoms with Gasteiger partial charge in [0.2, 0.25) is 0 Å². The zero-order valence-electron chi connectivity index (χ0n) is 17.2. The molecule has 1 saturated carbocycles. The molecule has 29 heavy (non-hydrogen) atoms. The van der Waals surface area contributed by atoms with Gasteiger partial charge >= 0.3 is 0 Å². The summed E-state index contributed by atoms with van der Waals surface area (Å²) in [6.45, 7) is 6.04. The number of hydrogen-bond donors (Lipinski definition) is 1. The van der Waals surface area contributed by atoms with E-state index >= 15 is 0 Å². The van der Waals surface area contributed by atoms with E-state index in [0.717, 1.165) is 36.2 Å². The zero-order chi connectivity index (χ0) is 20.5. The fourth-order valence-corrected chi connectivity index (χ4v) is 4.34. The minimum Gasteiger partial charge on any atom is -0.349 e. The lowest BCUT2D eigenvalue weighted by Crippen LogP contribution is -2.41. The van der Waals surface area contributed by atoms with Crippen LogP contribution in [0.5, 0.6) is 0 Å². The highest BCUT2D eigenvalue weighted by molar-refractivity contribution is 5.99. The van der Waals surface area contributed by atoms with E-state index in [9.17, 15) is 9.18 Å². The molecule has 1 aliphatic rings. The van der Waals surface area contributed by atoms with Crippen LogP contribution in [0, 0.1) is 25.6 Å². The molecule has 1 aromatic carbocycles. The van der Waals surface area contributed by atoms with Crippen LogP contribution in [0.1, 0.15) is 65.5 Å². The molecule has 1 amide bonds. The summed E-state index contributed by atoms with van der Waals surface area (Å²) in [6.07, 6.45) is 6.58. The van der Waals surface area contributed by atoms with Crippen LogP contribution in [-0.2, 0) is 6.42 Å². The number of carbonyl (C=O) groups is 1. The Hall–Kier alpha value is -2.76. The summed E-state index contributed by atoms with van der Waals surface area (Å²) in [5.41, 5.74) is 4.26. The highest BCUT2D eigenvalue weighted by Gasteiger charge is 2.25. The maximum atomic E-state index is 14.1. The van der Waals surface area contributed by atoms with Gasteiger partial charge in [-0.05, 0) is 49.8 Å². The number of amides is 1. The molecule has 1 N–H and O–H groups in total. The van der Waals surface area contributed by atoms with E-state index in [1.807, 2.05) is 19.9 Å². The first-order valence-electron chi connectivity index (χ1n) is 10.3. The van der Waals surface area contributed by atoms with Gasteiger partial charge in [0.1, 0.15) is 11.4 Å². The Morgan fingerprint density at radius 3 is 2.76 bits per heavy atom. The summed E-state index contributed by atoms with van der Waals surface area (Å²) in [4.78, 5) is 17.6. The summed E-state index contributed by atoms with van der Waals surface area (Å²) in [5, 5.41) is 7.60. The fraction of sp³-hybridized carbons (Fsp3) is 0.435. The van der Waals surface area contributed by atoms with Gasteiger partial charge in [-0.15, -0.1) is 0 Å². The van der Waals surface area contributed by atoms with E-state index in [-0.39, 0.29) is 17.8 Å². The summed E-state index contributed by atoms with van der Waals surface area (Å²) in [5.74, 6) is 0.138. The van der Waals surface area contributed by atoms with Crippen LogP contribution in [0.3, 0.4) is 0 Å². The van der Waals surface area contributed by atoms with E-state index in [0.29, 0.717) is 29.1 Å². The van der Waals surface area contributed by atoms with Crippen LogP contribution in [0.4, 0.5) is 4.39 Å². The number of benzene rings is 1. The van der Waals surface area contributed by atoms with Crippen LogP contribution >= 0.6 is 0 Å². The molecule has 2 heterocycles. The normalized spacial score (nSPS) is 19.4. The fourth-order valence-electron chi connectivity index (χ4n) is 4.34. The molecule has 2 aromatic heterocycles. The van der Waals surface area contributed by atoms with Gasteiger partial charge in [0, 0.05) is 23.9 Å². The lowest BCUT2D eigenvalue weighted by atomic mass is 9.86. The molecule has 0 unspecified atom stereocenters. The lowest BCUT2D eigenvalue weighted by molar-refractivity contribution is 0.0911. The summed E-state index contributed by atoms with van der Waals surface area (Å²) in [7, 11) is 0. The van der Waals surface area contributed by atoms with Gasteiger partial charge in [-0.25, -0.2) is 13.9 Å². The van der Waals surface area contributed by atoms with Crippen molar-refractivity contribution < 1.29 is 9.18 Å². The molecule has 1 fully saturated rings. The third kappa shape index (κ3) is 3.76. The van der Waals surface area contributed by atoms with Crippen LogP contribution in [-0.4, -0.2) is 26.5 Å². The monoisotopic (exact) mass is 394 g/mol. The number of hydrogen-bond acceptors (Lipinski definition) is 3. The quantitative estimate of drug-likeness (QED) is 0.714. The molecule has 0 saturated heterocycles. The van der Waals surface area contributed by atoms with Gasteiger partial charge in [0.25, 0.3) is 5.91 Å². The van der Waals surface area contributed by atoms with E-state index in [1.165, 1.54) is 12.5 Å². The van der Waals surface area contributed by atoms with Crippen LogP contribution in [0.15, 0.2) is 30.5 Å². The summed E-state index contributed by atoms with van der Waals surface area (Å²) < 4.78 is 15.8. The average molecular weight is 394 g/mol. The molecule has 0 bridgehead atoms. The molecular weight excluding hydrogens is 367 g/mol. The van der Waals surface area contributed by atoms with Crippen molar-refractivity contribution in [3.63, 3.8) is 0 Å². The molecule has 3 aromatic rings. The van der Waals surface area contributed by atoms with Crippen molar-refractivity contribution in [2.45, 2.75) is 58.9 Å². The second-order valence-corrected chi connectivity index (χ2v) is 8.16. The van der Waals surface area contributed by atoms with E-state index in [4.69, 9.17) is 0 Å². The molecule has 0 aliphatic heterocycles. The number of fused-ring (bicyclic) bond motifs is 1. The third-order valence-electron chi connectivity index (χ3n) is 6.21. The Morgan fingerprint density at radius 2 is 2.00 bits per heavy atom. The van der Waals surface area contributed by atoms with Crippen molar-refractivity contribution in [3.8, 4) is 0 Å². The maximum Gasteiger partial charge on any atom is 0.256 e. The lowest BCUT2D eigenvalue weighted by Gasteiger charge is -2.29. The minimum absolute atomic E-state index is 0.119. The number of halogens is 1. The average Bonchev–Trinajstić information content (AvgIpc) is 3.12. The molecule has 0 spiro atoms. The Bertz CT molecular complexity index is 1060. The second-order valence-electron chi connectivity index (χ2n) is 8.16.